The summed E-state index contributed by atoms with van der Waals surface area (Å²) in [5.41, 5.74) is 1.14. The number of carboxylic acids is 1. The number of carbonyl (C=O) groups is 1. The Morgan fingerprint density at radius 3 is 2.62 bits per heavy atom. The van der Waals surface area contributed by atoms with Gasteiger partial charge in [-0.3, -0.25) is 4.79 Å². The number of hydrogen-bond acceptors (Lipinski definition) is 4. The molecular formula is C20H27NO5. The summed E-state index contributed by atoms with van der Waals surface area (Å²) in [4.78, 5) is 23.8. The highest BCUT2D eigenvalue weighted by Crippen LogP contribution is 2.16. The fraction of sp³-hybridized carbons (Fsp3) is 0.500. The number of hydrogen-bond donors (Lipinski definition) is 2. The zero-order valence-electron chi connectivity index (χ0n) is 15.2. The van der Waals surface area contributed by atoms with Crippen LogP contribution in [-0.2, 0) is 17.7 Å². The van der Waals surface area contributed by atoms with E-state index in [4.69, 9.17) is 9.84 Å². The smallest absolute Gasteiger partial charge is 0.341 e. The summed E-state index contributed by atoms with van der Waals surface area (Å²) in [6.07, 6.45) is 5.76. The minimum Gasteiger partial charge on any atom is -0.477 e. The molecule has 0 unspecified atom stereocenters. The van der Waals surface area contributed by atoms with E-state index in [9.17, 15) is 14.7 Å². The number of pyridine rings is 1. The second-order valence-electron chi connectivity index (χ2n) is 6.31. The van der Waals surface area contributed by atoms with Gasteiger partial charge in [0.1, 0.15) is 5.56 Å². The van der Waals surface area contributed by atoms with Crippen LogP contribution < -0.4 is 5.43 Å². The fourth-order valence-corrected chi connectivity index (χ4v) is 2.99. The summed E-state index contributed by atoms with van der Waals surface area (Å²) in [6.45, 7) is 4.08. The monoisotopic (exact) mass is 361 g/mol. The van der Waals surface area contributed by atoms with Crippen LogP contribution in [-0.4, -0.2) is 40.6 Å². The van der Waals surface area contributed by atoms with E-state index < -0.39 is 11.4 Å². The van der Waals surface area contributed by atoms with E-state index in [0.29, 0.717) is 25.1 Å². The Morgan fingerprint density at radius 1 is 1.15 bits per heavy atom. The molecule has 0 bridgehead atoms. The second kappa shape index (κ2) is 10.1. The van der Waals surface area contributed by atoms with Crippen molar-refractivity contribution in [3.8, 4) is 0 Å². The molecule has 0 aliphatic rings. The maximum absolute atomic E-state index is 12.5. The molecule has 0 amide bonds. The molecule has 2 aromatic rings. The Bertz CT molecular complexity index is 797. The fourth-order valence-electron chi connectivity index (χ4n) is 2.99. The minimum absolute atomic E-state index is 0.192. The van der Waals surface area contributed by atoms with Crippen LogP contribution in [0.3, 0.4) is 0 Å². The van der Waals surface area contributed by atoms with Crippen molar-refractivity contribution in [2.24, 2.45) is 0 Å². The molecule has 2 N–H and O–H groups in total. The standard InChI is InChI=1S/C20H27NO5/c1-2-21-14-17(20(24)25)19(23)16-13-15(8-9-18(16)21)7-6-12-26-11-5-3-4-10-22/h8-9,13-14,22H,2-7,10-12H2,1H3,(H,24,25). The molecule has 0 aliphatic carbocycles. The normalized spacial score (nSPS) is 11.2. The van der Waals surface area contributed by atoms with E-state index in [0.717, 1.165) is 43.2 Å². The maximum Gasteiger partial charge on any atom is 0.341 e. The largest absolute Gasteiger partial charge is 0.477 e. The van der Waals surface area contributed by atoms with Gasteiger partial charge in [0.25, 0.3) is 0 Å². The molecule has 0 fully saturated rings. The highest BCUT2D eigenvalue weighted by Gasteiger charge is 2.14. The molecule has 0 aliphatic heterocycles. The van der Waals surface area contributed by atoms with Crippen molar-refractivity contribution in [2.75, 3.05) is 19.8 Å². The second-order valence-corrected chi connectivity index (χ2v) is 6.31. The quantitative estimate of drug-likeness (QED) is 0.601. The molecule has 0 atom stereocenters. The topological polar surface area (TPSA) is 88.8 Å². The summed E-state index contributed by atoms with van der Waals surface area (Å²) >= 11 is 0. The molecule has 142 valence electrons. The summed E-state index contributed by atoms with van der Waals surface area (Å²) in [5, 5.41) is 18.4. The summed E-state index contributed by atoms with van der Waals surface area (Å²) < 4.78 is 7.37. The Morgan fingerprint density at radius 2 is 1.92 bits per heavy atom. The molecule has 1 aromatic heterocycles. The number of aryl methyl sites for hydroxylation is 2. The Kier molecular flexibility index (Phi) is 7.81. The van der Waals surface area contributed by atoms with Crippen molar-refractivity contribution in [1.82, 2.24) is 4.57 Å². The van der Waals surface area contributed by atoms with Crippen molar-refractivity contribution in [3.05, 3.63) is 45.7 Å². The van der Waals surface area contributed by atoms with Crippen LogP contribution in [0.15, 0.2) is 29.2 Å². The van der Waals surface area contributed by atoms with Crippen molar-refractivity contribution in [2.45, 2.75) is 45.6 Å². The molecule has 6 nitrogen and oxygen atoms in total. The van der Waals surface area contributed by atoms with Gasteiger partial charge in [0.2, 0.25) is 5.43 Å². The van der Waals surface area contributed by atoms with Crippen molar-refractivity contribution in [1.29, 1.82) is 0 Å². The van der Waals surface area contributed by atoms with Crippen LogP contribution >= 0.6 is 0 Å². The first kappa shape index (κ1) is 20.1. The van der Waals surface area contributed by atoms with E-state index in [1.807, 2.05) is 19.1 Å². The molecule has 0 radical (unpaired) electrons. The molecule has 0 saturated heterocycles. The van der Waals surface area contributed by atoms with Crippen LogP contribution in [0.1, 0.15) is 48.5 Å². The number of unbranched alkanes of at least 4 members (excludes halogenated alkanes) is 2. The van der Waals surface area contributed by atoms with Gasteiger partial charge in [0.15, 0.2) is 0 Å². The van der Waals surface area contributed by atoms with Crippen molar-refractivity contribution in [3.63, 3.8) is 0 Å². The zero-order chi connectivity index (χ0) is 18.9. The van der Waals surface area contributed by atoms with Gasteiger partial charge in [0, 0.05) is 37.9 Å². The van der Waals surface area contributed by atoms with Gasteiger partial charge < -0.3 is 19.5 Å². The number of aliphatic hydroxyl groups excluding tert-OH is 1. The molecule has 6 heteroatoms. The number of aromatic carboxylic acids is 1. The maximum atomic E-state index is 12.5. The first-order chi connectivity index (χ1) is 12.6. The predicted molar refractivity (Wildman–Crippen MR) is 101 cm³/mol. The van der Waals surface area contributed by atoms with Crippen molar-refractivity contribution < 1.29 is 19.7 Å². The van der Waals surface area contributed by atoms with E-state index in [1.54, 1.807) is 10.6 Å². The average Bonchev–Trinajstić information content (AvgIpc) is 2.64. The highest BCUT2D eigenvalue weighted by atomic mass is 16.5. The third kappa shape index (κ3) is 5.16. The van der Waals surface area contributed by atoms with Crippen LogP contribution in [0, 0.1) is 0 Å². The number of benzene rings is 1. The lowest BCUT2D eigenvalue weighted by molar-refractivity contribution is 0.0695. The first-order valence-corrected chi connectivity index (χ1v) is 9.16. The highest BCUT2D eigenvalue weighted by molar-refractivity contribution is 5.92. The Hall–Kier alpha value is -2.18. The number of aromatic nitrogens is 1. The van der Waals surface area contributed by atoms with Gasteiger partial charge in [-0.2, -0.15) is 0 Å². The van der Waals surface area contributed by atoms with E-state index in [-0.39, 0.29) is 12.2 Å². The molecular weight excluding hydrogens is 334 g/mol. The molecule has 0 saturated carbocycles. The molecule has 0 spiro atoms. The predicted octanol–water partition coefficient (Wildman–Crippen LogP) is 2.83. The molecule has 2 rings (SSSR count). The third-order valence-electron chi connectivity index (χ3n) is 4.42. The van der Waals surface area contributed by atoms with Crippen LogP contribution in [0.5, 0.6) is 0 Å². The lowest BCUT2D eigenvalue weighted by atomic mass is 10.0. The van der Waals surface area contributed by atoms with Gasteiger partial charge in [0.05, 0.1) is 5.52 Å². The van der Waals surface area contributed by atoms with E-state index in [2.05, 4.69) is 0 Å². The first-order valence-electron chi connectivity index (χ1n) is 9.16. The molecule has 26 heavy (non-hydrogen) atoms. The minimum atomic E-state index is -1.20. The number of carboxylic acid groups (broad SMARTS) is 1. The van der Waals surface area contributed by atoms with Crippen LogP contribution in [0.25, 0.3) is 10.9 Å². The van der Waals surface area contributed by atoms with Gasteiger partial charge in [-0.05, 0) is 56.7 Å². The van der Waals surface area contributed by atoms with E-state index >= 15 is 0 Å². The number of fused-ring (bicyclic) bond motifs is 1. The summed E-state index contributed by atoms with van der Waals surface area (Å²) in [5.74, 6) is -1.20. The third-order valence-corrected chi connectivity index (χ3v) is 4.42. The van der Waals surface area contributed by atoms with E-state index in [1.165, 1.54) is 6.20 Å². The summed E-state index contributed by atoms with van der Waals surface area (Å²) in [7, 11) is 0. The van der Waals surface area contributed by atoms with Gasteiger partial charge in [-0.15, -0.1) is 0 Å². The van der Waals surface area contributed by atoms with Crippen LogP contribution in [0.4, 0.5) is 0 Å². The Labute approximate surface area is 153 Å². The van der Waals surface area contributed by atoms with Gasteiger partial charge >= 0.3 is 5.97 Å². The summed E-state index contributed by atoms with van der Waals surface area (Å²) in [6, 6.07) is 5.67. The number of rotatable bonds is 11. The lowest BCUT2D eigenvalue weighted by Gasteiger charge is -2.11. The number of nitrogens with zero attached hydrogens (tertiary/aromatic N) is 1. The van der Waals surface area contributed by atoms with Gasteiger partial charge in [-0.25, -0.2) is 4.79 Å². The number of aliphatic hydroxyl groups is 1. The van der Waals surface area contributed by atoms with Crippen LogP contribution in [0.2, 0.25) is 0 Å². The van der Waals surface area contributed by atoms with Gasteiger partial charge in [-0.1, -0.05) is 6.07 Å². The lowest BCUT2D eigenvalue weighted by Crippen LogP contribution is -2.18. The average molecular weight is 361 g/mol. The molecule has 1 heterocycles. The Balaban J connectivity index is 2.03. The zero-order valence-corrected chi connectivity index (χ0v) is 15.2. The van der Waals surface area contributed by atoms with Crippen molar-refractivity contribution >= 4 is 16.9 Å². The SMILES string of the molecule is CCn1cc(C(=O)O)c(=O)c2cc(CCCOCCCCCO)ccc21. The molecule has 1 aromatic carbocycles. The number of ether oxygens (including phenoxy) is 1.